The molecule has 1 atom stereocenters. The highest BCUT2D eigenvalue weighted by Gasteiger charge is 2.32. The van der Waals surface area contributed by atoms with Gasteiger partial charge in [-0.2, -0.15) is 0 Å². The third kappa shape index (κ3) is 3.31. The molecule has 0 aliphatic carbocycles. The Morgan fingerprint density at radius 2 is 2.20 bits per heavy atom. The second-order valence-corrected chi connectivity index (χ2v) is 6.29. The van der Waals surface area contributed by atoms with E-state index in [1.807, 2.05) is 18.7 Å². The normalized spacial score (nSPS) is 23.7. The number of hydrogen-bond donors (Lipinski definition) is 1. The molecule has 0 aromatic heterocycles. The van der Waals surface area contributed by atoms with Crippen molar-refractivity contribution in [2.24, 2.45) is 0 Å². The van der Waals surface area contributed by atoms with Crippen LogP contribution in [0.25, 0.3) is 0 Å². The van der Waals surface area contributed by atoms with Crippen LogP contribution >= 0.6 is 12.2 Å². The predicted octanol–water partition coefficient (Wildman–Crippen LogP) is 0.390. The van der Waals surface area contributed by atoms with Gasteiger partial charge in [-0.05, 0) is 32.5 Å². The zero-order chi connectivity index (χ0) is 11.5. The van der Waals surface area contributed by atoms with Gasteiger partial charge in [0.15, 0.2) is 14.9 Å². The fourth-order valence-corrected chi connectivity index (χ4v) is 3.99. The van der Waals surface area contributed by atoms with Gasteiger partial charge < -0.3 is 10.2 Å². The molecule has 0 spiro atoms. The standard InChI is InChI=1S/C9H18N2O2S2/c1-3-10-9(14)11(4-2)8-5-6-15(12,13)7-8/h8H,3-7H2,1-2H3,(H,10,14)/t8-/m0/s1. The quantitative estimate of drug-likeness (QED) is 0.734. The van der Waals surface area contributed by atoms with Gasteiger partial charge in [0.2, 0.25) is 0 Å². The van der Waals surface area contributed by atoms with Crippen LogP contribution in [0.5, 0.6) is 0 Å². The topological polar surface area (TPSA) is 49.4 Å². The van der Waals surface area contributed by atoms with E-state index in [1.54, 1.807) is 0 Å². The van der Waals surface area contributed by atoms with E-state index in [2.05, 4.69) is 5.32 Å². The molecule has 4 nitrogen and oxygen atoms in total. The summed E-state index contributed by atoms with van der Waals surface area (Å²) in [6.45, 7) is 5.50. The lowest BCUT2D eigenvalue weighted by Gasteiger charge is -2.29. The molecule has 1 aliphatic rings. The molecular weight excluding hydrogens is 232 g/mol. The van der Waals surface area contributed by atoms with Crippen LogP contribution < -0.4 is 5.32 Å². The number of hydrogen-bond acceptors (Lipinski definition) is 3. The lowest BCUT2D eigenvalue weighted by atomic mass is 10.2. The first-order chi connectivity index (χ1) is 7.00. The molecule has 1 N–H and O–H groups in total. The van der Waals surface area contributed by atoms with Gasteiger partial charge in [0.05, 0.1) is 11.5 Å². The summed E-state index contributed by atoms with van der Waals surface area (Å²) in [7, 11) is -2.83. The van der Waals surface area contributed by atoms with E-state index in [0.29, 0.717) is 17.3 Å². The zero-order valence-corrected chi connectivity index (χ0v) is 10.8. The summed E-state index contributed by atoms with van der Waals surface area (Å²) in [5, 5.41) is 3.73. The molecule has 0 aromatic rings. The van der Waals surface area contributed by atoms with Crippen molar-refractivity contribution in [2.45, 2.75) is 26.3 Å². The number of nitrogens with zero attached hydrogens (tertiary/aromatic N) is 1. The summed E-state index contributed by atoms with van der Waals surface area (Å²) in [4.78, 5) is 1.98. The average molecular weight is 250 g/mol. The lowest BCUT2D eigenvalue weighted by Crippen LogP contribution is -2.46. The number of sulfone groups is 1. The van der Waals surface area contributed by atoms with Gasteiger partial charge in [0.1, 0.15) is 0 Å². The van der Waals surface area contributed by atoms with E-state index in [0.717, 1.165) is 13.1 Å². The van der Waals surface area contributed by atoms with Crippen molar-refractivity contribution in [1.82, 2.24) is 10.2 Å². The maximum Gasteiger partial charge on any atom is 0.169 e. The number of thiocarbonyl (C=S) groups is 1. The molecule has 0 amide bonds. The molecule has 0 saturated carbocycles. The van der Waals surface area contributed by atoms with Crippen molar-refractivity contribution in [2.75, 3.05) is 24.6 Å². The molecule has 0 aromatic carbocycles. The summed E-state index contributed by atoms with van der Waals surface area (Å²) in [6.07, 6.45) is 0.696. The lowest BCUT2D eigenvalue weighted by molar-refractivity contribution is 0.346. The van der Waals surface area contributed by atoms with E-state index in [1.165, 1.54) is 0 Å². The molecule has 0 radical (unpaired) electrons. The fourth-order valence-electron chi connectivity index (χ4n) is 1.84. The van der Waals surface area contributed by atoms with Gasteiger partial charge in [-0.3, -0.25) is 0 Å². The van der Waals surface area contributed by atoms with Gasteiger partial charge in [-0.25, -0.2) is 8.42 Å². The van der Waals surface area contributed by atoms with Crippen molar-refractivity contribution in [3.63, 3.8) is 0 Å². The van der Waals surface area contributed by atoms with Crippen LogP contribution in [0.15, 0.2) is 0 Å². The molecule has 88 valence electrons. The minimum atomic E-state index is -2.83. The smallest absolute Gasteiger partial charge is 0.169 e. The Morgan fingerprint density at radius 3 is 2.60 bits per heavy atom. The van der Waals surface area contributed by atoms with Crippen LogP contribution in [-0.4, -0.2) is 49.1 Å². The highest BCUT2D eigenvalue weighted by molar-refractivity contribution is 7.91. The van der Waals surface area contributed by atoms with Crippen LogP contribution in [0.3, 0.4) is 0 Å². The highest BCUT2D eigenvalue weighted by atomic mass is 32.2. The van der Waals surface area contributed by atoms with Gasteiger partial charge >= 0.3 is 0 Å². The number of rotatable bonds is 3. The molecule has 15 heavy (non-hydrogen) atoms. The maximum absolute atomic E-state index is 11.4. The van der Waals surface area contributed by atoms with Gasteiger partial charge in [-0.15, -0.1) is 0 Å². The van der Waals surface area contributed by atoms with Crippen LogP contribution in [-0.2, 0) is 9.84 Å². The maximum atomic E-state index is 11.4. The molecule has 1 fully saturated rings. The molecular formula is C9H18N2O2S2. The molecule has 6 heteroatoms. The van der Waals surface area contributed by atoms with Gasteiger partial charge in [-0.1, -0.05) is 0 Å². The first-order valence-corrected chi connectivity index (χ1v) is 7.48. The Morgan fingerprint density at radius 1 is 1.53 bits per heavy atom. The Kier molecular flexibility index (Phi) is 4.33. The summed E-state index contributed by atoms with van der Waals surface area (Å²) in [6, 6.07) is 0.0616. The predicted molar refractivity (Wildman–Crippen MR) is 65.7 cm³/mol. The Labute approximate surface area is 96.9 Å². The molecule has 1 aliphatic heterocycles. The van der Waals surface area contributed by atoms with E-state index < -0.39 is 9.84 Å². The van der Waals surface area contributed by atoms with Crippen LogP contribution in [0.2, 0.25) is 0 Å². The summed E-state index contributed by atoms with van der Waals surface area (Å²) in [5.41, 5.74) is 0. The molecule has 1 rings (SSSR count). The fraction of sp³-hybridized carbons (Fsp3) is 0.889. The third-order valence-electron chi connectivity index (χ3n) is 2.58. The number of nitrogens with one attached hydrogen (secondary N) is 1. The van der Waals surface area contributed by atoms with E-state index >= 15 is 0 Å². The Hall–Kier alpha value is -0.360. The van der Waals surface area contributed by atoms with Gasteiger partial charge in [0, 0.05) is 19.1 Å². The van der Waals surface area contributed by atoms with E-state index in [-0.39, 0.29) is 11.8 Å². The minimum absolute atomic E-state index is 0.0616. The monoisotopic (exact) mass is 250 g/mol. The molecule has 0 bridgehead atoms. The molecule has 1 saturated heterocycles. The second-order valence-electron chi connectivity index (χ2n) is 3.68. The van der Waals surface area contributed by atoms with Crippen molar-refractivity contribution < 1.29 is 8.42 Å². The third-order valence-corrected chi connectivity index (χ3v) is 4.71. The minimum Gasteiger partial charge on any atom is -0.363 e. The van der Waals surface area contributed by atoms with Crippen molar-refractivity contribution in [3.05, 3.63) is 0 Å². The summed E-state index contributed by atoms with van der Waals surface area (Å²) >= 11 is 5.21. The summed E-state index contributed by atoms with van der Waals surface area (Å²) in [5.74, 6) is 0.537. The second kappa shape index (κ2) is 5.12. The first kappa shape index (κ1) is 12.7. The van der Waals surface area contributed by atoms with E-state index in [9.17, 15) is 8.42 Å². The van der Waals surface area contributed by atoms with Crippen molar-refractivity contribution in [3.8, 4) is 0 Å². The molecule has 0 unspecified atom stereocenters. The SMILES string of the molecule is CCNC(=S)N(CC)[C@H]1CCS(=O)(=O)C1. The van der Waals surface area contributed by atoms with E-state index in [4.69, 9.17) is 12.2 Å². The largest absolute Gasteiger partial charge is 0.363 e. The van der Waals surface area contributed by atoms with Crippen LogP contribution in [0, 0.1) is 0 Å². The van der Waals surface area contributed by atoms with Crippen molar-refractivity contribution in [1.29, 1.82) is 0 Å². The summed E-state index contributed by atoms with van der Waals surface area (Å²) < 4.78 is 22.7. The van der Waals surface area contributed by atoms with Gasteiger partial charge in [0.25, 0.3) is 0 Å². The van der Waals surface area contributed by atoms with Crippen LogP contribution in [0.4, 0.5) is 0 Å². The van der Waals surface area contributed by atoms with Crippen molar-refractivity contribution >= 4 is 27.2 Å². The average Bonchev–Trinajstić information content (AvgIpc) is 2.48. The first-order valence-electron chi connectivity index (χ1n) is 5.25. The highest BCUT2D eigenvalue weighted by Crippen LogP contribution is 2.17. The zero-order valence-electron chi connectivity index (χ0n) is 9.19. The Balaban J connectivity index is 2.64. The Bertz CT molecular complexity index is 327. The van der Waals surface area contributed by atoms with Crippen LogP contribution in [0.1, 0.15) is 20.3 Å². The molecule has 1 heterocycles.